The first-order valence-corrected chi connectivity index (χ1v) is 14.9. The maximum absolute atomic E-state index is 11.5. The largest absolute Gasteiger partial charge is 0.487 e. The van der Waals surface area contributed by atoms with Crippen molar-refractivity contribution in [3.05, 3.63) is 34.3 Å². The number of aromatic amines is 1. The van der Waals surface area contributed by atoms with Crippen LogP contribution in [0.1, 0.15) is 72.5 Å². The summed E-state index contributed by atoms with van der Waals surface area (Å²) in [7, 11) is -2.03. The minimum absolute atomic E-state index is 0.0607. The van der Waals surface area contributed by atoms with E-state index in [2.05, 4.69) is 69.7 Å². The van der Waals surface area contributed by atoms with Gasteiger partial charge in [-0.3, -0.25) is 14.4 Å². The van der Waals surface area contributed by atoms with Gasteiger partial charge in [-0.1, -0.05) is 25.9 Å². The van der Waals surface area contributed by atoms with Gasteiger partial charge in [-0.15, -0.1) is 0 Å². The van der Waals surface area contributed by atoms with E-state index in [0.717, 1.165) is 49.2 Å². The number of piperidine rings is 1. The summed E-state index contributed by atoms with van der Waals surface area (Å²) in [5.74, 6) is 0.744. The highest BCUT2D eigenvalue weighted by molar-refractivity contribution is 6.74. The molecule has 1 fully saturated rings. The van der Waals surface area contributed by atoms with Crippen LogP contribution in [0.15, 0.2) is 27.5 Å². The Balaban J connectivity index is 1.69. The average Bonchev–Trinajstić information content (AvgIpc) is 3.12. The molecule has 0 aliphatic carbocycles. The molecule has 2 aliphatic rings. The molecule has 1 spiro atoms. The van der Waals surface area contributed by atoms with Gasteiger partial charge >= 0.3 is 5.76 Å². The molecule has 1 unspecified atom stereocenters. The fraction of sp³-hybridized carbons (Fsp3) is 0.680. The molecule has 1 N–H and O–H groups in total. The third-order valence-electron chi connectivity index (χ3n) is 7.82. The van der Waals surface area contributed by atoms with Crippen LogP contribution in [0.3, 0.4) is 0 Å². The Labute approximate surface area is 198 Å². The van der Waals surface area contributed by atoms with Gasteiger partial charge in [0.15, 0.2) is 14.1 Å². The van der Waals surface area contributed by atoms with E-state index >= 15 is 0 Å². The molecule has 7 nitrogen and oxygen atoms in total. The molecule has 182 valence electrons. The van der Waals surface area contributed by atoms with E-state index in [1.807, 2.05) is 18.2 Å². The quantitative estimate of drug-likeness (QED) is 0.592. The highest BCUT2D eigenvalue weighted by Gasteiger charge is 2.48. The summed E-state index contributed by atoms with van der Waals surface area (Å²) in [6, 6.07) is 5.97. The lowest BCUT2D eigenvalue weighted by molar-refractivity contribution is -0.0642. The SMILES string of the molecule is CC(C)(C)N1CCC2(CC1)CC(O[Si](C)(C)C(C)(C)C)c1cc(-c3noc(=O)[nH]3)ccc1O2. The van der Waals surface area contributed by atoms with Crippen LogP contribution in [-0.4, -0.2) is 47.6 Å². The summed E-state index contributed by atoms with van der Waals surface area (Å²) in [6.07, 6.45) is 2.75. The second kappa shape index (κ2) is 8.10. The van der Waals surface area contributed by atoms with Crippen molar-refractivity contribution in [1.82, 2.24) is 15.0 Å². The van der Waals surface area contributed by atoms with Gasteiger partial charge in [0.2, 0.25) is 0 Å². The third kappa shape index (κ3) is 4.84. The Morgan fingerprint density at radius 3 is 2.36 bits per heavy atom. The number of hydrogen-bond donors (Lipinski definition) is 1. The Morgan fingerprint density at radius 1 is 1.15 bits per heavy atom. The minimum Gasteiger partial charge on any atom is -0.487 e. The maximum atomic E-state index is 11.5. The highest BCUT2D eigenvalue weighted by Crippen LogP contribution is 2.50. The van der Waals surface area contributed by atoms with Crippen LogP contribution in [0.25, 0.3) is 11.4 Å². The summed E-state index contributed by atoms with van der Waals surface area (Å²) in [5.41, 5.74) is 1.77. The van der Waals surface area contributed by atoms with E-state index in [-0.39, 0.29) is 22.3 Å². The summed E-state index contributed by atoms with van der Waals surface area (Å²) in [5, 5.41) is 3.97. The molecule has 1 aromatic carbocycles. The number of rotatable bonds is 3. The van der Waals surface area contributed by atoms with Crippen LogP contribution in [0.4, 0.5) is 0 Å². The monoisotopic (exact) mass is 473 g/mol. The second-order valence-corrected chi connectivity index (χ2v) is 17.0. The van der Waals surface area contributed by atoms with E-state index in [4.69, 9.17) is 13.7 Å². The van der Waals surface area contributed by atoms with Gasteiger partial charge in [0, 0.05) is 36.2 Å². The molecule has 2 aromatic rings. The molecular formula is C25H39N3O4Si. The first-order valence-electron chi connectivity index (χ1n) is 12.0. The number of hydrogen-bond acceptors (Lipinski definition) is 6. The van der Waals surface area contributed by atoms with Crippen LogP contribution >= 0.6 is 0 Å². The molecule has 0 amide bonds. The number of aromatic nitrogens is 2. The van der Waals surface area contributed by atoms with E-state index in [0.29, 0.717) is 5.82 Å². The molecule has 0 saturated carbocycles. The van der Waals surface area contributed by atoms with Gasteiger partial charge in [0.1, 0.15) is 11.4 Å². The van der Waals surface area contributed by atoms with E-state index < -0.39 is 14.1 Å². The van der Waals surface area contributed by atoms with Gasteiger partial charge in [-0.25, -0.2) is 4.79 Å². The van der Waals surface area contributed by atoms with Gasteiger partial charge in [0.25, 0.3) is 0 Å². The van der Waals surface area contributed by atoms with Crippen LogP contribution in [0.5, 0.6) is 5.75 Å². The van der Waals surface area contributed by atoms with Crippen molar-refractivity contribution >= 4 is 8.32 Å². The van der Waals surface area contributed by atoms with Crippen molar-refractivity contribution in [2.45, 2.75) is 96.2 Å². The normalized spacial score (nSPS) is 21.6. The summed E-state index contributed by atoms with van der Waals surface area (Å²) >= 11 is 0. The molecule has 1 atom stereocenters. The standard InChI is InChI=1S/C25H39N3O4Si/c1-23(2,3)28-13-11-25(12-14-28)16-20(32-33(7,8)24(4,5)6)18-15-17(9-10-19(18)30-25)21-26-22(29)31-27-21/h9-10,15,20H,11-14,16H2,1-8H3,(H,26,27,29). The first kappa shape index (κ1) is 24.2. The molecule has 1 aromatic heterocycles. The number of benzene rings is 1. The number of H-pyrrole nitrogens is 1. The maximum Gasteiger partial charge on any atom is 0.439 e. The predicted octanol–water partition coefficient (Wildman–Crippen LogP) is 5.51. The lowest BCUT2D eigenvalue weighted by atomic mass is 9.80. The fourth-order valence-electron chi connectivity index (χ4n) is 4.65. The van der Waals surface area contributed by atoms with Crippen LogP contribution in [0, 0.1) is 0 Å². The van der Waals surface area contributed by atoms with Crippen LogP contribution in [0.2, 0.25) is 18.1 Å². The van der Waals surface area contributed by atoms with E-state index in [1.54, 1.807) is 0 Å². The van der Waals surface area contributed by atoms with Crippen molar-refractivity contribution in [3.8, 4) is 17.1 Å². The number of likely N-dealkylation sites (tertiary alicyclic amines) is 1. The lowest BCUT2D eigenvalue weighted by Crippen LogP contribution is -2.55. The zero-order valence-corrected chi connectivity index (χ0v) is 22.4. The number of nitrogens with zero attached hydrogens (tertiary/aromatic N) is 2. The van der Waals surface area contributed by atoms with Crippen molar-refractivity contribution < 1.29 is 13.7 Å². The molecule has 0 radical (unpaired) electrons. The lowest BCUT2D eigenvalue weighted by Gasteiger charge is -2.51. The molecule has 0 bridgehead atoms. The summed E-state index contributed by atoms with van der Waals surface area (Å²) in [4.78, 5) is 16.7. The van der Waals surface area contributed by atoms with Crippen LogP contribution < -0.4 is 10.5 Å². The number of nitrogens with one attached hydrogen (secondary N) is 1. The number of fused-ring (bicyclic) bond motifs is 1. The summed E-state index contributed by atoms with van der Waals surface area (Å²) in [6.45, 7) is 20.3. The summed E-state index contributed by atoms with van der Waals surface area (Å²) < 4.78 is 18.5. The van der Waals surface area contributed by atoms with E-state index in [1.165, 1.54) is 0 Å². The molecule has 4 rings (SSSR count). The van der Waals surface area contributed by atoms with Crippen molar-refractivity contribution in [1.29, 1.82) is 0 Å². The zero-order valence-electron chi connectivity index (χ0n) is 21.4. The Morgan fingerprint density at radius 2 is 1.82 bits per heavy atom. The smallest absolute Gasteiger partial charge is 0.439 e. The number of ether oxygens (including phenoxy) is 1. The van der Waals surface area contributed by atoms with Gasteiger partial charge in [-0.2, -0.15) is 0 Å². The van der Waals surface area contributed by atoms with Gasteiger partial charge in [0.05, 0.1) is 6.10 Å². The average molecular weight is 474 g/mol. The van der Waals surface area contributed by atoms with Crippen molar-refractivity contribution in [3.63, 3.8) is 0 Å². The zero-order chi connectivity index (χ0) is 24.2. The fourth-order valence-corrected chi connectivity index (χ4v) is 5.92. The predicted molar refractivity (Wildman–Crippen MR) is 132 cm³/mol. The van der Waals surface area contributed by atoms with Gasteiger partial charge in [-0.05, 0) is 69.9 Å². The van der Waals surface area contributed by atoms with E-state index in [9.17, 15) is 4.79 Å². The molecule has 2 aliphatic heterocycles. The first-order chi connectivity index (χ1) is 15.2. The Bertz CT molecular complexity index is 1050. The Kier molecular flexibility index (Phi) is 5.95. The minimum atomic E-state index is -2.03. The highest BCUT2D eigenvalue weighted by atomic mass is 28.4. The topological polar surface area (TPSA) is 80.6 Å². The Hall–Kier alpha value is -1.90. The molecular weight excluding hydrogens is 434 g/mol. The van der Waals surface area contributed by atoms with Crippen molar-refractivity contribution in [2.24, 2.45) is 0 Å². The second-order valence-electron chi connectivity index (χ2n) is 12.2. The van der Waals surface area contributed by atoms with Gasteiger partial charge < -0.3 is 9.16 Å². The van der Waals surface area contributed by atoms with Crippen molar-refractivity contribution in [2.75, 3.05) is 13.1 Å². The molecule has 8 heteroatoms. The van der Waals surface area contributed by atoms with Crippen LogP contribution in [-0.2, 0) is 4.43 Å². The third-order valence-corrected chi connectivity index (χ3v) is 12.3. The molecule has 1 saturated heterocycles. The molecule has 33 heavy (non-hydrogen) atoms. The molecule has 3 heterocycles.